The molecule has 0 fully saturated rings. The van der Waals surface area contributed by atoms with Crippen LogP contribution < -0.4 is 5.48 Å². The normalized spacial score (nSPS) is 9.93. The minimum Gasteiger partial charge on any atom is -0.274 e. The molecule has 0 aromatic heterocycles. The van der Waals surface area contributed by atoms with Gasteiger partial charge in [0.15, 0.2) is 0 Å². The lowest BCUT2D eigenvalue weighted by Crippen LogP contribution is -2.23. The average Bonchev–Trinajstić information content (AvgIpc) is 2.14. The van der Waals surface area contributed by atoms with Gasteiger partial charge in [0.25, 0.3) is 5.91 Å². The Morgan fingerprint density at radius 3 is 2.79 bits per heavy atom. The van der Waals surface area contributed by atoms with Crippen LogP contribution in [0.25, 0.3) is 0 Å². The second kappa shape index (κ2) is 5.20. The monoisotopic (exact) mass is 233 g/mol. The number of nitrogens with one attached hydrogen (secondary N) is 1. The largest absolute Gasteiger partial charge is 0.276 e. The fourth-order valence-corrected chi connectivity index (χ4v) is 1.36. The Morgan fingerprint density at radius 1 is 1.50 bits per heavy atom. The minimum atomic E-state index is -0.381. The van der Waals surface area contributed by atoms with Crippen LogP contribution in [0.1, 0.15) is 17.3 Å². The first kappa shape index (κ1) is 11.3. The smallest absolute Gasteiger partial charge is 0.274 e. The number of rotatable bonds is 3. The Kier molecular flexibility index (Phi) is 4.20. The highest BCUT2D eigenvalue weighted by Crippen LogP contribution is 2.20. The van der Waals surface area contributed by atoms with E-state index < -0.39 is 0 Å². The summed E-state index contributed by atoms with van der Waals surface area (Å²) in [6.45, 7) is 2.17. The summed E-state index contributed by atoms with van der Waals surface area (Å²) in [7, 11) is 0. The molecule has 3 nitrogen and oxygen atoms in total. The van der Waals surface area contributed by atoms with Gasteiger partial charge in [-0.3, -0.25) is 9.63 Å². The van der Waals surface area contributed by atoms with E-state index in [2.05, 4.69) is 5.48 Å². The maximum absolute atomic E-state index is 11.4. The van der Waals surface area contributed by atoms with Crippen molar-refractivity contribution >= 4 is 29.1 Å². The van der Waals surface area contributed by atoms with Crippen LogP contribution in [0.5, 0.6) is 0 Å². The van der Waals surface area contributed by atoms with Crippen molar-refractivity contribution in [3.63, 3.8) is 0 Å². The molecule has 0 bridgehead atoms. The van der Waals surface area contributed by atoms with E-state index in [1.54, 1.807) is 19.1 Å². The Bertz CT molecular complexity index is 342. The molecule has 0 aliphatic rings. The van der Waals surface area contributed by atoms with E-state index in [1.807, 2.05) is 0 Å². The summed E-state index contributed by atoms with van der Waals surface area (Å²) in [4.78, 5) is 16.1. The molecule has 1 amide bonds. The van der Waals surface area contributed by atoms with Gasteiger partial charge in [0.1, 0.15) is 0 Å². The maximum Gasteiger partial charge on any atom is 0.276 e. The third kappa shape index (κ3) is 2.87. The van der Waals surface area contributed by atoms with E-state index in [-0.39, 0.29) is 5.91 Å². The van der Waals surface area contributed by atoms with E-state index >= 15 is 0 Å². The fourth-order valence-electron chi connectivity index (χ4n) is 0.866. The van der Waals surface area contributed by atoms with Crippen molar-refractivity contribution in [2.75, 3.05) is 6.61 Å². The lowest BCUT2D eigenvalue weighted by atomic mass is 10.2. The quantitative estimate of drug-likeness (QED) is 0.816. The predicted molar refractivity (Wildman–Crippen MR) is 55.6 cm³/mol. The maximum atomic E-state index is 11.4. The second-order valence-corrected chi connectivity index (χ2v) is 3.33. The number of hydroxylamine groups is 1. The van der Waals surface area contributed by atoms with Gasteiger partial charge in [-0.2, -0.15) is 0 Å². The standard InChI is InChI=1S/C9H9Cl2NO2/c1-2-14-12-9(13)7-4-3-6(10)5-8(7)11/h3-5H,2H2,1H3,(H,12,13). The van der Waals surface area contributed by atoms with Gasteiger partial charge in [0, 0.05) is 5.02 Å². The highest BCUT2D eigenvalue weighted by atomic mass is 35.5. The van der Waals surface area contributed by atoms with Crippen LogP contribution in [0.2, 0.25) is 10.0 Å². The second-order valence-electron chi connectivity index (χ2n) is 2.49. The van der Waals surface area contributed by atoms with Crippen LogP contribution in [0.3, 0.4) is 0 Å². The van der Waals surface area contributed by atoms with Crippen LogP contribution in [-0.2, 0) is 4.84 Å². The van der Waals surface area contributed by atoms with Crippen molar-refractivity contribution in [1.29, 1.82) is 0 Å². The molecule has 0 radical (unpaired) electrons. The van der Waals surface area contributed by atoms with Gasteiger partial charge in [-0.1, -0.05) is 23.2 Å². The minimum absolute atomic E-state index is 0.301. The summed E-state index contributed by atoms with van der Waals surface area (Å²) in [6.07, 6.45) is 0. The number of amides is 1. The van der Waals surface area contributed by atoms with Crippen LogP contribution in [0.15, 0.2) is 18.2 Å². The first-order valence-corrected chi connectivity index (χ1v) is 4.78. The molecular weight excluding hydrogens is 225 g/mol. The zero-order valence-corrected chi connectivity index (χ0v) is 9.02. The summed E-state index contributed by atoms with van der Waals surface area (Å²) < 4.78 is 0. The number of hydrogen-bond acceptors (Lipinski definition) is 2. The van der Waals surface area contributed by atoms with Gasteiger partial charge in [-0.05, 0) is 25.1 Å². The summed E-state index contributed by atoms with van der Waals surface area (Å²) in [6, 6.07) is 4.64. The molecule has 1 rings (SSSR count). The third-order valence-corrected chi connectivity index (χ3v) is 2.03. The van der Waals surface area contributed by atoms with Crippen molar-refractivity contribution in [1.82, 2.24) is 5.48 Å². The topological polar surface area (TPSA) is 38.3 Å². The van der Waals surface area contributed by atoms with Crippen LogP contribution in [0, 0.1) is 0 Å². The van der Waals surface area contributed by atoms with Crippen molar-refractivity contribution in [2.24, 2.45) is 0 Å². The number of carbonyl (C=O) groups excluding carboxylic acids is 1. The van der Waals surface area contributed by atoms with Gasteiger partial charge < -0.3 is 0 Å². The first-order valence-electron chi connectivity index (χ1n) is 4.02. The van der Waals surface area contributed by atoms with E-state index in [0.29, 0.717) is 22.2 Å². The number of carbonyl (C=O) groups is 1. The molecule has 0 atom stereocenters. The molecule has 0 heterocycles. The zero-order valence-electron chi connectivity index (χ0n) is 7.51. The lowest BCUT2D eigenvalue weighted by Gasteiger charge is -2.05. The van der Waals surface area contributed by atoms with Crippen LogP contribution >= 0.6 is 23.2 Å². The van der Waals surface area contributed by atoms with Gasteiger partial charge in [0.05, 0.1) is 17.2 Å². The number of halogens is 2. The molecule has 0 saturated heterocycles. The predicted octanol–water partition coefficient (Wildman–Crippen LogP) is 2.67. The average molecular weight is 234 g/mol. The van der Waals surface area contributed by atoms with Gasteiger partial charge in [-0.15, -0.1) is 0 Å². The third-order valence-electron chi connectivity index (χ3n) is 1.48. The molecule has 1 aromatic rings. The molecule has 0 aliphatic carbocycles. The highest BCUT2D eigenvalue weighted by Gasteiger charge is 2.09. The van der Waals surface area contributed by atoms with Crippen LogP contribution in [-0.4, -0.2) is 12.5 Å². The fraction of sp³-hybridized carbons (Fsp3) is 0.222. The summed E-state index contributed by atoms with van der Waals surface area (Å²) >= 11 is 11.5. The highest BCUT2D eigenvalue weighted by molar-refractivity contribution is 6.36. The molecule has 0 unspecified atom stereocenters. The molecule has 1 aromatic carbocycles. The molecule has 76 valence electrons. The molecule has 5 heteroatoms. The summed E-state index contributed by atoms with van der Waals surface area (Å²) in [5, 5.41) is 0.790. The molecule has 0 spiro atoms. The molecule has 1 N–H and O–H groups in total. The van der Waals surface area contributed by atoms with Crippen molar-refractivity contribution in [2.45, 2.75) is 6.92 Å². The SMILES string of the molecule is CCONC(=O)c1ccc(Cl)cc1Cl. The van der Waals surface area contributed by atoms with E-state index in [1.165, 1.54) is 6.07 Å². The Balaban J connectivity index is 2.80. The molecule has 0 saturated carbocycles. The number of hydrogen-bond donors (Lipinski definition) is 1. The van der Waals surface area contributed by atoms with E-state index in [9.17, 15) is 4.79 Å². The zero-order chi connectivity index (χ0) is 10.6. The number of benzene rings is 1. The Hall–Kier alpha value is -0.770. The summed E-state index contributed by atoms with van der Waals surface area (Å²) in [5.74, 6) is -0.381. The van der Waals surface area contributed by atoms with Gasteiger partial charge >= 0.3 is 0 Å². The summed E-state index contributed by atoms with van der Waals surface area (Å²) in [5.41, 5.74) is 2.58. The van der Waals surface area contributed by atoms with Crippen LogP contribution in [0.4, 0.5) is 0 Å². The van der Waals surface area contributed by atoms with Gasteiger partial charge in [0.2, 0.25) is 0 Å². The van der Waals surface area contributed by atoms with Crippen molar-refractivity contribution in [3.05, 3.63) is 33.8 Å². The molecular formula is C9H9Cl2NO2. The molecule has 0 aliphatic heterocycles. The van der Waals surface area contributed by atoms with Gasteiger partial charge in [-0.25, -0.2) is 5.48 Å². The van der Waals surface area contributed by atoms with E-state index in [0.717, 1.165) is 0 Å². The first-order chi connectivity index (χ1) is 6.65. The van der Waals surface area contributed by atoms with Crippen molar-refractivity contribution < 1.29 is 9.63 Å². The van der Waals surface area contributed by atoms with Crippen molar-refractivity contribution in [3.8, 4) is 0 Å². The Labute approximate surface area is 91.9 Å². The molecule has 14 heavy (non-hydrogen) atoms. The lowest BCUT2D eigenvalue weighted by molar-refractivity contribution is 0.0364. The van der Waals surface area contributed by atoms with E-state index in [4.69, 9.17) is 28.0 Å². The Morgan fingerprint density at radius 2 is 2.21 bits per heavy atom.